The van der Waals surface area contributed by atoms with Gasteiger partial charge in [0.2, 0.25) is 0 Å². The zero-order valence-electron chi connectivity index (χ0n) is 13.1. The summed E-state index contributed by atoms with van der Waals surface area (Å²) in [4.78, 5) is 0. The predicted octanol–water partition coefficient (Wildman–Crippen LogP) is 4.42. The van der Waals surface area contributed by atoms with Crippen molar-refractivity contribution in [2.24, 2.45) is 11.8 Å². The molecule has 0 aromatic carbocycles. The molecule has 0 atom stereocenters. The van der Waals surface area contributed by atoms with Crippen LogP contribution in [0.15, 0.2) is 0 Å². The van der Waals surface area contributed by atoms with E-state index in [9.17, 15) is 0 Å². The SMILES string of the molecule is CO[SiH](OC)C(C)(C1CCCCC1)C1CCCCC1. The lowest BCUT2D eigenvalue weighted by Crippen LogP contribution is -2.46. The van der Waals surface area contributed by atoms with Gasteiger partial charge in [0.05, 0.1) is 0 Å². The summed E-state index contributed by atoms with van der Waals surface area (Å²) in [5.74, 6) is 1.70. The first-order valence-corrected chi connectivity index (χ1v) is 9.81. The van der Waals surface area contributed by atoms with Crippen LogP contribution >= 0.6 is 0 Å². The maximum atomic E-state index is 5.89. The zero-order chi connectivity index (χ0) is 13.7. The Balaban J connectivity index is 2.18. The Bertz CT molecular complexity index is 235. The Hall–Kier alpha value is 0.137. The topological polar surface area (TPSA) is 18.5 Å². The van der Waals surface area contributed by atoms with E-state index >= 15 is 0 Å². The summed E-state index contributed by atoms with van der Waals surface area (Å²) in [6.07, 6.45) is 14.2. The minimum atomic E-state index is -1.57. The van der Waals surface area contributed by atoms with Crippen LogP contribution in [0.1, 0.15) is 71.1 Å². The summed E-state index contributed by atoms with van der Waals surface area (Å²) in [5.41, 5.74) is 0. The lowest BCUT2D eigenvalue weighted by molar-refractivity contribution is 0.118. The predicted molar refractivity (Wildman–Crippen MR) is 82.7 cm³/mol. The molecule has 112 valence electrons. The van der Waals surface area contributed by atoms with Crippen molar-refractivity contribution in [2.75, 3.05) is 14.2 Å². The molecule has 0 aromatic heterocycles. The molecule has 2 fully saturated rings. The van der Waals surface area contributed by atoms with E-state index in [1.54, 1.807) is 0 Å². The molecule has 2 saturated carbocycles. The fourth-order valence-electron chi connectivity index (χ4n) is 4.77. The van der Waals surface area contributed by atoms with E-state index in [2.05, 4.69) is 6.92 Å². The monoisotopic (exact) mass is 284 g/mol. The van der Waals surface area contributed by atoms with Crippen molar-refractivity contribution < 1.29 is 8.85 Å². The third-order valence-corrected chi connectivity index (χ3v) is 8.72. The average molecular weight is 285 g/mol. The highest BCUT2D eigenvalue weighted by Gasteiger charge is 2.49. The molecule has 2 rings (SSSR count). The van der Waals surface area contributed by atoms with E-state index in [4.69, 9.17) is 8.85 Å². The van der Waals surface area contributed by atoms with Crippen LogP contribution in [0.25, 0.3) is 0 Å². The molecule has 0 N–H and O–H groups in total. The quantitative estimate of drug-likeness (QED) is 0.696. The molecule has 0 amide bonds. The standard InChI is InChI=1S/C16H32O2Si/c1-16(19(17-2)18-3,14-10-6-4-7-11-14)15-12-8-5-9-13-15/h14-15,19H,4-13H2,1-3H3. The van der Waals surface area contributed by atoms with Crippen molar-refractivity contribution >= 4 is 9.28 Å². The average Bonchev–Trinajstić information content (AvgIpc) is 2.50. The van der Waals surface area contributed by atoms with Gasteiger partial charge in [-0.25, -0.2) is 0 Å². The van der Waals surface area contributed by atoms with Gasteiger partial charge in [-0.15, -0.1) is 0 Å². The molecule has 2 nitrogen and oxygen atoms in total. The highest BCUT2D eigenvalue weighted by molar-refractivity contribution is 6.48. The summed E-state index contributed by atoms with van der Waals surface area (Å²) < 4.78 is 11.8. The van der Waals surface area contributed by atoms with E-state index in [1.165, 1.54) is 64.2 Å². The second kappa shape index (κ2) is 7.23. The molecule has 0 saturated heterocycles. The van der Waals surface area contributed by atoms with E-state index in [-0.39, 0.29) is 0 Å². The van der Waals surface area contributed by atoms with Gasteiger partial charge in [-0.2, -0.15) is 0 Å². The van der Waals surface area contributed by atoms with Gasteiger partial charge in [-0.3, -0.25) is 0 Å². The van der Waals surface area contributed by atoms with Crippen LogP contribution in [-0.2, 0) is 8.85 Å². The summed E-state index contributed by atoms with van der Waals surface area (Å²) in [7, 11) is 2.19. The third-order valence-electron chi connectivity index (χ3n) is 5.91. The zero-order valence-corrected chi connectivity index (χ0v) is 14.3. The molecule has 2 aliphatic carbocycles. The first kappa shape index (κ1) is 15.5. The molecule has 0 radical (unpaired) electrons. The Morgan fingerprint density at radius 1 is 0.737 bits per heavy atom. The van der Waals surface area contributed by atoms with Crippen molar-refractivity contribution in [3.63, 3.8) is 0 Å². The van der Waals surface area contributed by atoms with Crippen molar-refractivity contribution in [1.82, 2.24) is 0 Å². The van der Waals surface area contributed by atoms with Gasteiger partial charge in [0.25, 0.3) is 0 Å². The number of hydrogen-bond donors (Lipinski definition) is 0. The van der Waals surface area contributed by atoms with Crippen molar-refractivity contribution in [3.05, 3.63) is 0 Å². The fourth-order valence-corrected chi connectivity index (χ4v) is 7.42. The van der Waals surface area contributed by atoms with Crippen molar-refractivity contribution in [1.29, 1.82) is 0 Å². The van der Waals surface area contributed by atoms with Crippen LogP contribution in [0, 0.1) is 11.8 Å². The van der Waals surface area contributed by atoms with Crippen molar-refractivity contribution in [3.8, 4) is 0 Å². The van der Waals surface area contributed by atoms with Crippen LogP contribution in [0.3, 0.4) is 0 Å². The van der Waals surface area contributed by atoms with Gasteiger partial charge in [-0.05, 0) is 11.8 Å². The lowest BCUT2D eigenvalue weighted by atomic mass is 9.69. The number of rotatable bonds is 5. The molecule has 0 spiro atoms. The fraction of sp³-hybridized carbons (Fsp3) is 1.00. The van der Waals surface area contributed by atoms with Crippen LogP contribution in [0.4, 0.5) is 0 Å². The molecular weight excluding hydrogens is 252 g/mol. The maximum absolute atomic E-state index is 5.89. The number of hydrogen-bond acceptors (Lipinski definition) is 2. The van der Waals surface area contributed by atoms with Gasteiger partial charge in [-0.1, -0.05) is 71.1 Å². The van der Waals surface area contributed by atoms with Crippen LogP contribution in [0.5, 0.6) is 0 Å². The molecule has 3 heteroatoms. The second-order valence-electron chi connectivity index (χ2n) is 6.84. The van der Waals surface area contributed by atoms with Gasteiger partial charge in [0.1, 0.15) is 0 Å². The molecule has 0 bridgehead atoms. The molecule has 0 heterocycles. The Morgan fingerprint density at radius 3 is 1.42 bits per heavy atom. The van der Waals surface area contributed by atoms with Crippen molar-refractivity contribution in [2.45, 2.75) is 76.2 Å². The summed E-state index contributed by atoms with van der Waals surface area (Å²) in [6, 6.07) is 0. The smallest absolute Gasteiger partial charge is 0.327 e. The van der Waals surface area contributed by atoms with Gasteiger partial charge in [0, 0.05) is 19.3 Å². The van der Waals surface area contributed by atoms with E-state index in [0.717, 1.165) is 11.8 Å². The largest absolute Gasteiger partial charge is 0.400 e. The summed E-state index contributed by atoms with van der Waals surface area (Å²) >= 11 is 0. The minimum Gasteiger partial charge on any atom is -0.400 e. The van der Waals surface area contributed by atoms with Crippen LogP contribution in [-0.4, -0.2) is 23.5 Å². The van der Waals surface area contributed by atoms with Gasteiger partial charge < -0.3 is 8.85 Å². The molecule has 0 aromatic rings. The van der Waals surface area contributed by atoms with Crippen LogP contribution in [0.2, 0.25) is 5.04 Å². The first-order chi connectivity index (χ1) is 9.23. The molecule has 0 unspecified atom stereocenters. The molecule has 0 aliphatic heterocycles. The van der Waals surface area contributed by atoms with Gasteiger partial charge in [0.15, 0.2) is 0 Å². The molecular formula is C16H32O2Si. The summed E-state index contributed by atoms with van der Waals surface area (Å²) in [5, 5.41) is 0.352. The van der Waals surface area contributed by atoms with E-state index in [0.29, 0.717) is 5.04 Å². The first-order valence-electron chi connectivity index (χ1n) is 8.29. The van der Waals surface area contributed by atoms with E-state index in [1.807, 2.05) is 14.2 Å². The maximum Gasteiger partial charge on any atom is 0.327 e. The van der Waals surface area contributed by atoms with Crippen LogP contribution < -0.4 is 0 Å². The molecule has 2 aliphatic rings. The second-order valence-corrected chi connectivity index (χ2v) is 9.69. The minimum absolute atomic E-state index is 0.352. The van der Waals surface area contributed by atoms with Gasteiger partial charge >= 0.3 is 9.28 Å². The normalized spacial score (nSPS) is 24.0. The third kappa shape index (κ3) is 3.25. The van der Waals surface area contributed by atoms with E-state index < -0.39 is 9.28 Å². The highest BCUT2D eigenvalue weighted by Crippen LogP contribution is 2.55. The lowest BCUT2D eigenvalue weighted by Gasteiger charge is -2.49. The summed E-state index contributed by atoms with van der Waals surface area (Å²) in [6.45, 7) is 2.52. The highest BCUT2D eigenvalue weighted by atomic mass is 28.3. The molecule has 19 heavy (non-hydrogen) atoms. The Kier molecular flexibility index (Phi) is 5.91. The Morgan fingerprint density at radius 2 is 1.11 bits per heavy atom. The Labute approximate surface area is 121 Å².